The van der Waals surface area contributed by atoms with Gasteiger partial charge in [0.05, 0.1) is 0 Å². The molecule has 1 rings (SSSR count). The Morgan fingerprint density at radius 1 is 1.36 bits per heavy atom. The minimum atomic E-state index is -0.686. The summed E-state index contributed by atoms with van der Waals surface area (Å²) >= 11 is 2.70. The molecule has 0 bridgehead atoms. The van der Waals surface area contributed by atoms with Crippen molar-refractivity contribution in [3.63, 3.8) is 0 Å². The Kier molecular flexibility index (Phi) is 5.52. The number of benzene rings is 1. The first-order chi connectivity index (χ1) is 6.68. The zero-order valence-corrected chi connectivity index (χ0v) is 11.4. The van der Waals surface area contributed by atoms with E-state index in [2.05, 4.69) is 46.9 Å². The van der Waals surface area contributed by atoms with Gasteiger partial charge in [-0.05, 0) is 0 Å². The van der Waals surface area contributed by atoms with Crippen LogP contribution in [0.15, 0.2) is 24.3 Å². The van der Waals surface area contributed by atoms with Gasteiger partial charge in [-0.1, -0.05) is 0 Å². The molecule has 1 aromatic rings. The number of hydrogen-bond donors (Lipinski definition) is 1. The van der Waals surface area contributed by atoms with Gasteiger partial charge in [-0.25, -0.2) is 0 Å². The molecule has 0 fully saturated rings. The monoisotopic (exact) mass is 370 g/mol. The van der Waals surface area contributed by atoms with Gasteiger partial charge in [0.25, 0.3) is 0 Å². The van der Waals surface area contributed by atoms with Gasteiger partial charge < -0.3 is 0 Å². The summed E-state index contributed by atoms with van der Waals surface area (Å²) in [5.74, 6) is -0.686. The number of aliphatic carboxylic acids is 1. The normalized spacial score (nSPS) is 10.1. The number of rotatable bonds is 5. The van der Waals surface area contributed by atoms with Crippen LogP contribution < -0.4 is 0 Å². The van der Waals surface area contributed by atoms with Crippen LogP contribution in [0.25, 0.3) is 0 Å². The summed E-state index contributed by atoms with van der Waals surface area (Å²) in [5, 5.41) is 10.3. The molecule has 0 heterocycles. The van der Waals surface area contributed by atoms with Crippen molar-refractivity contribution in [2.24, 2.45) is 0 Å². The maximum absolute atomic E-state index is 10.3. The molecular formula is C10H11IO2Se. The molecule has 0 radical (unpaired) electrons. The van der Waals surface area contributed by atoms with Crippen molar-refractivity contribution in [3.8, 4) is 0 Å². The molecule has 0 saturated carbocycles. The van der Waals surface area contributed by atoms with Crippen LogP contribution in [-0.2, 0) is 10.1 Å². The molecule has 0 amide bonds. The van der Waals surface area contributed by atoms with Gasteiger partial charge in [-0.15, -0.1) is 0 Å². The van der Waals surface area contributed by atoms with Crippen molar-refractivity contribution in [2.75, 3.05) is 0 Å². The third kappa shape index (κ3) is 4.98. The van der Waals surface area contributed by atoms with Crippen LogP contribution in [0.1, 0.15) is 12.0 Å². The summed E-state index contributed by atoms with van der Waals surface area (Å²) < 4.78 is 1.24. The van der Waals surface area contributed by atoms with E-state index < -0.39 is 5.97 Å². The summed E-state index contributed by atoms with van der Waals surface area (Å²) in [4.78, 5) is 10.3. The summed E-state index contributed by atoms with van der Waals surface area (Å²) in [5.41, 5.74) is 1.32. The first-order valence-corrected chi connectivity index (χ1v) is 7.72. The predicted molar refractivity (Wildman–Crippen MR) is 65.7 cm³/mol. The van der Waals surface area contributed by atoms with E-state index >= 15 is 0 Å². The average Bonchev–Trinajstić information content (AvgIpc) is 2.15. The second-order valence-electron chi connectivity index (χ2n) is 2.82. The number of carbonyl (C=O) groups is 1. The van der Waals surface area contributed by atoms with E-state index in [0.29, 0.717) is 21.4 Å². The van der Waals surface area contributed by atoms with Crippen LogP contribution in [0, 0.1) is 3.57 Å². The van der Waals surface area contributed by atoms with Crippen molar-refractivity contribution in [1.82, 2.24) is 0 Å². The second kappa shape index (κ2) is 6.43. The number of carboxylic acids is 1. The fourth-order valence-electron chi connectivity index (χ4n) is 0.930. The van der Waals surface area contributed by atoms with Crippen LogP contribution in [0.4, 0.5) is 0 Å². The number of hydrogen-bond acceptors (Lipinski definition) is 1. The zero-order valence-electron chi connectivity index (χ0n) is 7.57. The Bertz CT molecular complexity index is 297. The summed E-state index contributed by atoms with van der Waals surface area (Å²) in [6.45, 7) is 0. The van der Waals surface area contributed by atoms with Gasteiger partial charge in [-0.3, -0.25) is 0 Å². The van der Waals surface area contributed by atoms with Gasteiger partial charge >= 0.3 is 104 Å². The molecule has 0 aromatic heterocycles. The van der Waals surface area contributed by atoms with Gasteiger partial charge in [0.2, 0.25) is 0 Å². The third-order valence-electron chi connectivity index (χ3n) is 1.64. The molecule has 1 aromatic carbocycles. The molecule has 0 atom stereocenters. The topological polar surface area (TPSA) is 37.3 Å². The minimum absolute atomic E-state index is 0.310. The molecule has 0 aliphatic rings. The second-order valence-corrected chi connectivity index (χ2v) is 6.39. The Balaban J connectivity index is 2.25. The van der Waals surface area contributed by atoms with Gasteiger partial charge in [0.15, 0.2) is 0 Å². The van der Waals surface area contributed by atoms with Crippen LogP contribution in [-0.4, -0.2) is 26.0 Å². The van der Waals surface area contributed by atoms with Gasteiger partial charge in [-0.2, -0.15) is 0 Å². The molecule has 2 nitrogen and oxygen atoms in total. The van der Waals surface area contributed by atoms with Gasteiger partial charge in [0, 0.05) is 0 Å². The quantitative estimate of drug-likeness (QED) is 0.492. The molecule has 0 spiro atoms. The average molecular weight is 369 g/mol. The van der Waals surface area contributed by atoms with Crippen molar-refractivity contribution < 1.29 is 9.90 Å². The molecule has 0 aliphatic carbocycles. The molecule has 0 unspecified atom stereocenters. The zero-order chi connectivity index (χ0) is 10.4. The van der Waals surface area contributed by atoms with Gasteiger partial charge in [0.1, 0.15) is 0 Å². The number of carboxylic acid groups (broad SMARTS) is 1. The molecule has 14 heavy (non-hydrogen) atoms. The van der Waals surface area contributed by atoms with Crippen molar-refractivity contribution in [3.05, 3.63) is 33.4 Å². The van der Waals surface area contributed by atoms with Crippen molar-refractivity contribution in [1.29, 1.82) is 0 Å². The Morgan fingerprint density at radius 2 is 2.00 bits per heavy atom. The SMILES string of the molecule is O=C(O)CC[Se]Cc1ccc(I)cc1. The predicted octanol–water partition coefficient (Wildman–Crippen LogP) is 2.39. The van der Waals surface area contributed by atoms with Crippen LogP contribution in [0.3, 0.4) is 0 Å². The van der Waals surface area contributed by atoms with E-state index in [4.69, 9.17) is 5.11 Å². The van der Waals surface area contributed by atoms with E-state index in [1.165, 1.54) is 9.13 Å². The van der Waals surface area contributed by atoms with Crippen LogP contribution in [0.2, 0.25) is 5.32 Å². The Hall–Kier alpha value is -0.0605. The molecular weight excluding hydrogens is 358 g/mol. The third-order valence-corrected chi connectivity index (χ3v) is 4.52. The molecule has 4 heteroatoms. The van der Waals surface area contributed by atoms with Crippen molar-refractivity contribution in [2.45, 2.75) is 17.1 Å². The molecule has 0 aliphatic heterocycles. The van der Waals surface area contributed by atoms with Crippen LogP contribution in [0.5, 0.6) is 0 Å². The molecule has 1 N–H and O–H groups in total. The van der Waals surface area contributed by atoms with E-state index in [0.717, 1.165) is 10.6 Å². The standard InChI is InChI=1S/C10H11IO2Se/c11-9-3-1-8(2-4-9)7-14-6-5-10(12)13/h1-4H,5-7H2,(H,12,13). The van der Waals surface area contributed by atoms with E-state index in [9.17, 15) is 4.79 Å². The Morgan fingerprint density at radius 3 is 2.57 bits per heavy atom. The van der Waals surface area contributed by atoms with E-state index in [-0.39, 0.29) is 0 Å². The summed E-state index contributed by atoms with van der Waals surface area (Å²) in [6, 6.07) is 8.40. The number of halogens is 1. The molecule has 76 valence electrons. The van der Waals surface area contributed by atoms with E-state index in [1.807, 2.05) is 0 Å². The molecule has 0 saturated heterocycles. The van der Waals surface area contributed by atoms with Crippen LogP contribution >= 0.6 is 22.6 Å². The summed E-state index contributed by atoms with van der Waals surface area (Å²) in [6.07, 6.45) is 0.310. The van der Waals surface area contributed by atoms with E-state index in [1.54, 1.807) is 0 Å². The fraction of sp³-hybridized carbons (Fsp3) is 0.300. The fourth-order valence-corrected chi connectivity index (χ4v) is 3.16. The first-order valence-electron chi connectivity index (χ1n) is 4.22. The van der Waals surface area contributed by atoms with Crippen molar-refractivity contribution >= 4 is 43.5 Å². The summed E-state index contributed by atoms with van der Waals surface area (Å²) in [7, 11) is 0. The maximum atomic E-state index is 10.3. The Labute approximate surface area is 103 Å². The first kappa shape index (κ1) is 12.0.